The molecule has 1 aromatic carbocycles. The van der Waals surface area contributed by atoms with Gasteiger partial charge in [-0.05, 0) is 29.8 Å². The van der Waals surface area contributed by atoms with Crippen molar-refractivity contribution in [3.05, 3.63) is 59.3 Å². The molecule has 2 N–H and O–H groups in total. The molecular weight excluding hydrogens is 238 g/mol. The predicted molar refractivity (Wildman–Crippen MR) is 63.0 cm³/mol. The Bertz CT molecular complexity index is 579. The molecule has 1 heterocycles. The first kappa shape index (κ1) is 12.2. The maximum atomic E-state index is 13.4. The van der Waals surface area contributed by atoms with Crippen LogP contribution in [0.2, 0.25) is 0 Å². The van der Waals surface area contributed by atoms with Gasteiger partial charge in [0.15, 0.2) is 5.78 Å². The highest BCUT2D eigenvalue weighted by atomic mass is 19.1. The Morgan fingerprint density at radius 1 is 1.22 bits per heavy atom. The summed E-state index contributed by atoms with van der Waals surface area (Å²) < 4.78 is 26.8. The molecule has 18 heavy (non-hydrogen) atoms. The molecule has 0 spiro atoms. The van der Waals surface area contributed by atoms with Gasteiger partial charge in [-0.3, -0.25) is 4.79 Å². The van der Waals surface area contributed by atoms with Gasteiger partial charge in [-0.15, -0.1) is 0 Å². The Balaban J connectivity index is 2.28. The molecule has 3 nitrogen and oxygen atoms in total. The van der Waals surface area contributed by atoms with E-state index in [2.05, 4.69) is 4.98 Å². The molecule has 5 heteroatoms. The highest BCUT2D eigenvalue weighted by molar-refractivity contribution is 5.98. The van der Waals surface area contributed by atoms with Crippen molar-refractivity contribution in [1.29, 1.82) is 0 Å². The topological polar surface area (TPSA) is 56.0 Å². The number of hydrogen-bond acceptors (Lipinski definition) is 3. The first-order valence-corrected chi connectivity index (χ1v) is 5.25. The molecule has 0 amide bonds. The Labute approximate surface area is 102 Å². The molecule has 92 valence electrons. The van der Waals surface area contributed by atoms with Gasteiger partial charge >= 0.3 is 0 Å². The second-order valence-corrected chi connectivity index (χ2v) is 3.79. The summed E-state index contributed by atoms with van der Waals surface area (Å²) in [6.07, 6.45) is 1.32. The molecule has 1 aromatic heterocycles. The van der Waals surface area contributed by atoms with E-state index in [1.807, 2.05) is 0 Å². The van der Waals surface area contributed by atoms with Crippen LogP contribution in [-0.2, 0) is 6.42 Å². The smallest absolute Gasteiger partial charge is 0.173 e. The standard InChI is InChI=1S/C13H10F2N2O/c14-9-2-1-3-10(15)13(9)11(18)6-8-4-5-17-12(16)7-8/h1-5,7H,6H2,(H2,16,17). The minimum Gasteiger partial charge on any atom is -0.384 e. The molecule has 0 saturated carbocycles. The fourth-order valence-corrected chi connectivity index (χ4v) is 1.64. The third kappa shape index (κ3) is 2.51. The number of benzene rings is 1. The van der Waals surface area contributed by atoms with Gasteiger partial charge in [0.25, 0.3) is 0 Å². The van der Waals surface area contributed by atoms with Crippen molar-refractivity contribution in [2.75, 3.05) is 5.73 Å². The van der Waals surface area contributed by atoms with Crippen LogP contribution in [0.5, 0.6) is 0 Å². The number of carbonyl (C=O) groups is 1. The Hall–Kier alpha value is -2.30. The lowest BCUT2D eigenvalue weighted by Crippen LogP contribution is -2.09. The number of anilines is 1. The summed E-state index contributed by atoms with van der Waals surface area (Å²) in [7, 11) is 0. The lowest BCUT2D eigenvalue weighted by Gasteiger charge is -2.04. The van der Waals surface area contributed by atoms with Gasteiger partial charge in [0.05, 0.1) is 5.56 Å². The van der Waals surface area contributed by atoms with Crippen LogP contribution in [0.1, 0.15) is 15.9 Å². The van der Waals surface area contributed by atoms with Gasteiger partial charge in [0.1, 0.15) is 17.5 Å². The molecule has 0 aliphatic carbocycles. The minimum atomic E-state index is -0.859. The van der Waals surface area contributed by atoms with Crippen molar-refractivity contribution in [1.82, 2.24) is 4.98 Å². The summed E-state index contributed by atoms with van der Waals surface area (Å²) in [5.41, 5.74) is 5.51. The van der Waals surface area contributed by atoms with E-state index in [0.29, 0.717) is 5.56 Å². The van der Waals surface area contributed by atoms with Crippen LogP contribution in [0.15, 0.2) is 36.5 Å². The van der Waals surface area contributed by atoms with E-state index in [1.165, 1.54) is 18.3 Å². The quantitative estimate of drug-likeness (QED) is 0.848. The minimum absolute atomic E-state index is 0.120. The van der Waals surface area contributed by atoms with Gasteiger partial charge in [0, 0.05) is 12.6 Å². The van der Waals surface area contributed by atoms with Crippen LogP contribution in [0.3, 0.4) is 0 Å². The van der Waals surface area contributed by atoms with E-state index in [9.17, 15) is 13.6 Å². The first-order chi connectivity index (χ1) is 8.58. The SMILES string of the molecule is Nc1cc(CC(=O)c2c(F)cccc2F)ccn1. The number of aromatic nitrogens is 1. The van der Waals surface area contributed by atoms with E-state index >= 15 is 0 Å². The highest BCUT2D eigenvalue weighted by Gasteiger charge is 2.17. The molecule has 0 unspecified atom stereocenters. The van der Waals surface area contributed by atoms with E-state index in [4.69, 9.17) is 5.73 Å². The van der Waals surface area contributed by atoms with E-state index in [1.54, 1.807) is 6.07 Å². The Morgan fingerprint density at radius 3 is 2.50 bits per heavy atom. The summed E-state index contributed by atoms with van der Waals surface area (Å²) in [6, 6.07) is 6.39. The lowest BCUT2D eigenvalue weighted by atomic mass is 10.0. The fraction of sp³-hybridized carbons (Fsp3) is 0.0769. The highest BCUT2D eigenvalue weighted by Crippen LogP contribution is 2.15. The second-order valence-electron chi connectivity index (χ2n) is 3.79. The fourth-order valence-electron chi connectivity index (χ4n) is 1.64. The number of hydrogen-bond donors (Lipinski definition) is 1. The van der Waals surface area contributed by atoms with Crippen molar-refractivity contribution in [3.63, 3.8) is 0 Å². The van der Waals surface area contributed by atoms with Crippen molar-refractivity contribution < 1.29 is 13.6 Å². The number of nitrogen functional groups attached to an aromatic ring is 1. The number of nitrogens with two attached hydrogens (primary N) is 1. The first-order valence-electron chi connectivity index (χ1n) is 5.25. The number of carbonyl (C=O) groups excluding carboxylic acids is 1. The molecular formula is C13H10F2N2O. The van der Waals surface area contributed by atoms with Crippen LogP contribution in [-0.4, -0.2) is 10.8 Å². The van der Waals surface area contributed by atoms with Crippen molar-refractivity contribution >= 4 is 11.6 Å². The third-order valence-electron chi connectivity index (χ3n) is 2.45. The van der Waals surface area contributed by atoms with Gasteiger partial charge in [-0.1, -0.05) is 6.07 Å². The summed E-state index contributed by atoms with van der Waals surface area (Å²) in [5, 5.41) is 0. The van der Waals surface area contributed by atoms with Crippen LogP contribution in [0.25, 0.3) is 0 Å². The number of halogens is 2. The zero-order valence-corrected chi connectivity index (χ0v) is 9.36. The average molecular weight is 248 g/mol. The Kier molecular flexibility index (Phi) is 3.32. The second kappa shape index (κ2) is 4.91. The van der Waals surface area contributed by atoms with Gasteiger partial charge < -0.3 is 5.73 Å². The number of ketones is 1. The Morgan fingerprint density at radius 2 is 1.89 bits per heavy atom. The summed E-state index contributed by atoms with van der Waals surface area (Å²) in [6.45, 7) is 0. The summed E-state index contributed by atoms with van der Waals surface area (Å²) >= 11 is 0. The molecule has 0 aliphatic heterocycles. The normalized spacial score (nSPS) is 10.3. The number of nitrogens with zero attached hydrogens (tertiary/aromatic N) is 1. The molecule has 0 radical (unpaired) electrons. The maximum Gasteiger partial charge on any atom is 0.173 e. The maximum absolute atomic E-state index is 13.4. The van der Waals surface area contributed by atoms with Crippen molar-refractivity contribution in [3.8, 4) is 0 Å². The molecule has 0 atom stereocenters. The molecule has 2 aromatic rings. The largest absolute Gasteiger partial charge is 0.384 e. The third-order valence-corrected chi connectivity index (χ3v) is 2.45. The molecule has 0 fully saturated rings. The molecule has 0 saturated heterocycles. The zero-order valence-electron chi connectivity index (χ0n) is 9.36. The molecule has 0 bridgehead atoms. The van der Waals surface area contributed by atoms with Crippen molar-refractivity contribution in [2.45, 2.75) is 6.42 Å². The van der Waals surface area contributed by atoms with Gasteiger partial charge in [-0.25, -0.2) is 13.8 Å². The average Bonchev–Trinajstić information content (AvgIpc) is 2.28. The number of pyridine rings is 1. The predicted octanol–water partition coefficient (Wildman–Crippen LogP) is 2.37. The van der Waals surface area contributed by atoms with Gasteiger partial charge in [0.2, 0.25) is 0 Å². The van der Waals surface area contributed by atoms with Crippen LogP contribution in [0, 0.1) is 11.6 Å². The van der Waals surface area contributed by atoms with E-state index < -0.39 is 23.0 Å². The van der Waals surface area contributed by atoms with Crippen LogP contribution in [0.4, 0.5) is 14.6 Å². The van der Waals surface area contributed by atoms with Crippen molar-refractivity contribution in [2.24, 2.45) is 0 Å². The van der Waals surface area contributed by atoms with Crippen LogP contribution < -0.4 is 5.73 Å². The molecule has 0 aliphatic rings. The number of rotatable bonds is 3. The zero-order chi connectivity index (χ0) is 13.1. The van der Waals surface area contributed by atoms with Crippen LogP contribution >= 0.6 is 0 Å². The molecule has 2 rings (SSSR count). The summed E-state index contributed by atoms with van der Waals surface area (Å²) in [5.74, 6) is -2.09. The monoisotopic (exact) mass is 248 g/mol. The lowest BCUT2D eigenvalue weighted by molar-refractivity contribution is 0.0985. The number of Topliss-reactive ketones (excluding diaryl/α,β-unsaturated/α-hetero) is 1. The summed E-state index contributed by atoms with van der Waals surface area (Å²) in [4.78, 5) is 15.6. The van der Waals surface area contributed by atoms with E-state index in [0.717, 1.165) is 12.1 Å². The van der Waals surface area contributed by atoms with Gasteiger partial charge in [-0.2, -0.15) is 0 Å². The van der Waals surface area contributed by atoms with E-state index in [-0.39, 0.29) is 12.2 Å².